The normalized spacial score (nSPS) is 10.7. The number of rotatable bonds is 5. The SMILES string of the molecule is Cc1csc2c(NCCOc3ccc(N)cc3)ncnc12. The highest BCUT2D eigenvalue weighted by atomic mass is 32.1. The summed E-state index contributed by atoms with van der Waals surface area (Å²) in [6, 6.07) is 7.37. The molecule has 108 valence electrons. The maximum absolute atomic E-state index is 5.64. The molecule has 3 aromatic rings. The first-order chi connectivity index (χ1) is 10.2. The highest BCUT2D eigenvalue weighted by Gasteiger charge is 2.07. The molecule has 0 aliphatic rings. The number of hydrogen-bond acceptors (Lipinski definition) is 6. The monoisotopic (exact) mass is 300 g/mol. The van der Waals surface area contributed by atoms with E-state index in [0.29, 0.717) is 13.2 Å². The van der Waals surface area contributed by atoms with E-state index in [-0.39, 0.29) is 0 Å². The molecule has 0 spiro atoms. The molecular weight excluding hydrogens is 284 g/mol. The summed E-state index contributed by atoms with van der Waals surface area (Å²) in [5.74, 6) is 1.67. The van der Waals surface area contributed by atoms with E-state index in [0.717, 1.165) is 27.5 Å². The van der Waals surface area contributed by atoms with Crippen molar-refractivity contribution in [3.05, 3.63) is 41.5 Å². The Kier molecular flexibility index (Phi) is 3.87. The highest BCUT2D eigenvalue weighted by Crippen LogP contribution is 2.28. The molecule has 2 heterocycles. The Hall–Kier alpha value is -2.34. The lowest BCUT2D eigenvalue weighted by Gasteiger charge is -2.08. The molecule has 0 radical (unpaired) electrons. The number of nitrogen functional groups attached to an aromatic ring is 1. The number of nitrogens with zero attached hydrogens (tertiary/aromatic N) is 2. The molecule has 0 bridgehead atoms. The van der Waals surface area contributed by atoms with Gasteiger partial charge in [-0.05, 0) is 42.1 Å². The molecule has 2 aromatic heterocycles. The number of nitrogens with one attached hydrogen (secondary N) is 1. The van der Waals surface area contributed by atoms with Crippen molar-refractivity contribution in [2.45, 2.75) is 6.92 Å². The van der Waals surface area contributed by atoms with E-state index in [1.807, 2.05) is 24.3 Å². The Morgan fingerprint density at radius 1 is 1.24 bits per heavy atom. The summed E-state index contributed by atoms with van der Waals surface area (Å²) in [6.45, 7) is 3.28. The van der Waals surface area contributed by atoms with E-state index in [1.165, 1.54) is 5.56 Å². The standard InChI is InChI=1S/C15H16N4OS/c1-10-8-21-14-13(10)18-9-19-15(14)17-6-7-20-12-4-2-11(16)3-5-12/h2-5,8-9H,6-7,16H2,1H3,(H,17,18,19). The largest absolute Gasteiger partial charge is 0.492 e. The van der Waals surface area contributed by atoms with Crippen molar-refractivity contribution in [3.8, 4) is 5.75 Å². The third-order valence-corrected chi connectivity index (χ3v) is 4.17. The van der Waals surface area contributed by atoms with Gasteiger partial charge in [0.05, 0.1) is 16.8 Å². The Labute approximate surface area is 126 Å². The second-order valence-corrected chi connectivity index (χ2v) is 5.54. The van der Waals surface area contributed by atoms with Gasteiger partial charge in [-0.3, -0.25) is 0 Å². The van der Waals surface area contributed by atoms with Crippen molar-refractivity contribution in [3.63, 3.8) is 0 Å². The summed E-state index contributed by atoms with van der Waals surface area (Å²) in [5, 5.41) is 5.38. The number of anilines is 2. The van der Waals surface area contributed by atoms with Crippen LogP contribution in [0.2, 0.25) is 0 Å². The van der Waals surface area contributed by atoms with Crippen LogP contribution in [0.5, 0.6) is 5.75 Å². The van der Waals surface area contributed by atoms with Gasteiger partial charge >= 0.3 is 0 Å². The molecule has 0 unspecified atom stereocenters. The first-order valence-electron chi connectivity index (χ1n) is 6.65. The summed E-state index contributed by atoms with van der Waals surface area (Å²) >= 11 is 1.65. The van der Waals surface area contributed by atoms with Crippen LogP contribution in [0.4, 0.5) is 11.5 Å². The van der Waals surface area contributed by atoms with Crippen LogP contribution in [0.25, 0.3) is 10.2 Å². The molecule has 0 saturated carbocycles. The van der Waals surface area contributed by atoms with Gasteiger partial charge in [-0.15, -0.1) is 11.3 Å². The maximum Gasteiger partial charge on any atom is 0.147 e. The van der Waals surface area contributed by atoms with Gasteiger partial charge in [-0.25, -0.2) is 9.97 Å². The third kappa shape index (κ3) is 3.05. The lowest BCUT2D eigenvalue weighted by molar-refractivity contribution is 0.333. The summed E-state index contributed by atoms with van der Waals surface area (Å²) in [7, 11) is 0. The Bertz CT molecular complexity index is 739. The van der Waals surface area contributed by atoms with Gasteiger partial charge in [0.25, 0.3) is 0 Å². The zero-order valence-electron chi connectivity index (χ0n) is 11.7. The molecule has 0 aliphatic heterocycles. The average Bonchev–Trinajstić information content (AvgIpc) is 2.88. The van der Waals surface area contributed by atoms with E-state index in [9.17, 15) is 0 Å². The van der Waals surface area contributed by atoms with Crippen molar-refractivity contribution in [1.82, 2.24) is 9.97 Å². The van der Waals surface area contributed by atoms with Crippen molar-refractivity contribution < 1.29 is 4.74 Å². The van der Waals surface area contributed by atoms with Crippen LogP contribution in [0.3, 0.4) is 0 Å². The molecule has 21 heavy (non-hydrogen) atoms. The fraction of sp³-hybridized carbons (Fsp3) is 0.200. The van der Waals surface area contributed by atoms with Crippen LogP contribution in [-0.4, -0.2) is 23.1 Å². The van der Waals surface area contributed by atoms with Gasteiger partial charge < -0.3 is 15.8 Å². The van der Waals surface area contributed by atoms with Crippen LogP contribution in [-0.2, 0) is 0 Å². The molecule has 0 saturated heterocycles. The maximum atomic E-state index is 5.64. The number of nitrogens with two attached hydrogens (primary N) is 1. The second kappa shape index (κ2) is 5.97. The molecule has 1 aromatic carbocycles. The van der Waals surface area contributed by atoms with E-state index < -0.39 is 0 Å². The number of aryl methyl sites for hydroxylation is 1. The van der Waals surface area contributed by atoms with E-state index in [2.05, 4.69) is 27.6 Å². The van der Waals surface area contributed by atoms with Gasteiger partial charge in [-0.2, -0.15) is 0 Å². The number of ether oxygens (including phenoxy) is 1. The molecule has 3 rings (SSSR count). The Morgan fingerprint density at radius 2 is 2.05 bits per heavy atom. The lowest BCUT2D eigenvalue weighted by atomic mass is 10.3. The summed E-state index contributed by atoms with van der Waals surface area (Å²) in [4.78, 5) is 8.59. The minimum absolute atomic E-state index is 0.555. The van der Waals surface area contributed by atoms with Crippen LogP contribution < -0.4 is 15.8 Å². The molecule has 0 aliphatic carbocycles. The van der Waals surface area contributed by atoms with Gasteiger partial charge in [-0.1, -0.05) is 0 Å². The van der Waals surface area contributed by atoms with Gasteiger partial charge in [0.15, 0.2) is 0 Å². The van der Waals surface area contributed by atoms with Crippen LogP contribution in [0, 0.1) is 6.92 Å². The topological polar surface area (TPSA) is 73.1 Å². The zero-order valence-corrected chi connectivity index (χ0v) is 12.5. The fourth-order valence-electron chi connectivity index (χ4n) is 2.00. The number of aromatic nitrogens is 2. The molecule has 0 atom stereocenters. The third-order valence-electron chi connectivity index (χ3n) is 3.07. The van der Waals surface area contributed by atoms with Crippen molar-refractivity contribution in [1.29, 1.82) is 0 Å². The summed E-state index contributed by atoms with van der Waals surface area (Å²) in [5.41, 5.74) is 8.55. The summed E-state index contributed by atoms with van der Waals surface area (Å²) < 4.78 is 6.73. The molecule has 5 nitrogen and oxygen atoms in total. The van der Waals surface area contributed by atoms with Gasteiger partial charge in [0.2, 0.25) is 0 Å². The quantitative estimate of drug-likeness (QED) is 0.559. The number of thiophene rings is 1. The van der Waals surface area contributed by atoms with Crippen LogP contribution in [0.1, 0.15) is 5.56 Å². The molecular formula is C15H16N4OS. The lowest BCUT2D eigenvalue weighted by Crippen LogP contribution is -2.12. The molecule has 6 heteroatoms. The molecule has 0 amide bonds. The average molecular weight is 300 g/mol. The van der Waals surface area contributed by atoms with E-state index in [1.54, 1.807) is 17.7 Å². The number of fused-ring (bicyclic) bond motifs is 1. The van der Waals surface area contributed by atoms with Crippen molar-refractivity contribution in [2.75, 3.05) is 24.2 Å². The molecule has 3 N–H and O–H groups in total. The highest BCUT2D eigenvalue weighted by molar-refractivity contribution is 7.18. The predicted octanol–water partition coefficient (Wildman–Crippen LogP) is 3.07. The van der Waals surface area contributed by atoms with Crippen molar-refractivity contribution >= 4 is 33.1 Å². The first-order valence-corrected chi connectivity index (χ1v) is 7.53. The predicted molar refractivity (Wildman–Crippen MR) is 87.0 cm³/mol. The zero-order chi connectivity index (χ0) is 14.7. The fourth-order valence-corrected chi connectivity index (χ4v) is 2.97. The van der Waals surface area contributed by atoms with E-state index >= 15 is 0 Å². The van der Waals surface area contributed by atoms with Gasteiger partial charge in [0.1, 0.15) is 24.5 Å². The van der Waals surface area contributed by atoms with E-state index in [4.69, 9.17) is 10.5 Å². The number of hydrogen-bond donors (Lipinski definition) is 2. The first kappa shape index (κ1) is 13.6. The minimum Gasteiger partial charge on any atom is -0.492 e. The Balaban J connectivity index is 1.58. The van der Waals surface area contributed by atoms with Crippen molar-refractivity contribution in [2.24, 2.45) is 0 Å². The smallest absolute Gasteiger partial charge is 0.147 e. The molecule has 0 fully saturated rings. The minimum atomic E-state index is 0.555. The summed E-state index contributed by atoms with van der Waals surface area (Å²) in [6.07, 6.45) is 1.59. The van der Waals surface area contributed by atoms with Crippen LogP contribution >= 0.6 is 11.3 Å². The second-order valence-electron chi connectivity index (χ2n) is 4.66. The van der Waals surface area contributed by atoms with Crippen LogP contribution in [0.15, 0.2) is 36.0 Å². The van der Waals surface area contributed by atoms with Gasteiger partial charge in [0, 0.05) is 5.69 Å². The number of benzene rings is 1. The Morgan fingerprint density at radius 3 is 2.86 bits per heavy atom.